The fraction of sp³-hybridized carbons (Fsp3) is 0.636. The lowest BCUT2D eigenvalue weighted by Crippen LogP contribution is -1.83. The molecular weight excluding hydrogens is 132 g/mol. The smallest absolute Gasteiger partial charge is 0.0322 e. The number of allylic oxidation sites excluding steroid dienone is 4. The van der Waals surface area contributed by atoms with Gasteiger partial charge in [0.2, 0.25) is 0 Å². The highest BCUT2D eigenvalue weighted by Gasteiger charge is 1.89. The maximum absolute atomic E-state index is 2.30. The van der Waals surface area contributed by atoms with Gasteiger partial charge in [0.15, 0.2) is 0 Å². The maximum atomic E-state index is 2.30. The predicted molar refractivity (Wildman–Crippen MR) is 52.6 cm³/mol. The summed E-state index contributed by atoms with van der Waals surface area (Å²) in [4.78, 5) is 0. The molecule has 0 fully saturated rings. The summed E-state index contributed by atoms with van der Waals surface area (Å²) in [7, 11) is 0. The van der Waals surface area contributed by atoms with Crippen molar-refractivity contribution in [1.82, 2.24) is 0 Å². The zero-order chi connectivity index (χ0) is 8.85. The van der Waals surface area contributed by atoms with Crippen LogP contribution in [0.25, 0.3) is 0 Å². The molecule has 0 rings (SSSR count). The number of rotatable bonds is 3. The minimum atomic E-state index is 0.774. The summed E-state index contributed by atoms with van der Waals surface area (Å²) in [5, 5.41) is 0. The lowest BCUT2D eigenvalue weighted by Gasteiger charge is -1.99. The molecule has 0 radical (unpaired) electrons. The molecule has 0 nitrogen and oxygen atoms in total. The van der Waals surface area contributed by atoms with Crippen LogP contribution < -0.4 is 0 Å². The Morgan fingerprint density at radius 3 is 2.09 bits per heavy atom. The van der Waals surface area contributed by atoms with Crippen molar-refractivity contribution in [2.75, 3.05) is 0 Å². The molecule has 0 aromatic rings. The van der Waals surface area contributed by atoms with Gasteiger partial charge in [0.25, 0.3) is 0 Å². The van der Waals surface area contributed by atoms with E-state index >= 15 is 0 Å². The SMILES string of the molecule is CC(C)=C/C(C)=C/CC(C)C. The van der Waals surface area contributed by atoms with Crippen LogP contribution in [-0.4, -0.2) is 0 Å². The van der Waals surface area contributed by atoms with E-state index in [1.165, 1.54) is 17.6 Å². The molecule has 0 aromatic heterocycles. The highest BCUT2D eigenvalue weighted by atomic mass is 14.0. The minimum Gasteiger partial charge on any atom is -0.0813 e. The topological polar surface area (TPSA) is 0 Å². The van der Waals surface area contributed by atoms with Crippen molar-refractivity contribution in [3.63, 3.8) is 0 Å². The lowest BCUT2D eigenvalue weighted by atomic mass is 10.1. The van der Waals surface area contributed by atoms with Crippen molar-refractivity contribution < 1.29 is 0 Å². The molecular formula is C11H20. The Bertz CT molecular complexity index is 155. The van der Waals surface area contributed by atoms with E-state index < -0.39 is 0 Å². The predicted octanol–water partition coefficient (Wildman–Crippen LogP) is 3.95. The summed E-state index contributed by atoms with van der Waals surface area (Å²) < 4.78 is 0. The number of hydrogen-bond acceptors (Lipinski definition) is 0. The monoisotopic (exact) mass is 152 g/mol. The molecule has 0 spiro atoms. The largest absolute Gasteiger partial charge is 0.0813 e. The highest BCUT2D eigenvalue weighted by molar-refractivity contribution is 5.19. The minimum absolute atomic E-state index is 0.774. The standard InChI is InChI=1S/C11H20/c1-9(2)6-7-11(5)8-10(3)4/h7-9H,6H2,1-5H3/b11-7+. The second-order valence-electron chi connectivity index (χ2n) is 3.80. The van der Waals surface area contributed by atoms with E-state index in [9.17, 15) is 0 Å². The molecule has 0 saturated heterocycles. The van der Waals surface area contributed by atoms with Crippen LogP contribution in [0.15, 0.2) is 23.3 Å². The van der Waals surface area contributed by atoms with E-state index in [-0.39, 0.29) is 0 Å². The van der Waals surface area contributed by atoms with Crippen molar-refractivity contribution in [1.29, 1.82) is 0 Å². The fourth-order valence-electron chi connectivity index (χ4n) is 0.936. The molecule has 0 saturated carbocycles. The first-order valence-corrected chi connectivity index (χ1v) is 4.34. The fourth-order valence-corrected chi connectivity index (χ4v) is 0.936. The van der Waals surface area contributed by atoms with Crippen molar-refractivity contribution in [2.24, 2.45) is 5.92 Å². The molecule has 0 aliphatic rings. The third-order valence-electron chi connectivity index (χ3n) is 1.43. The molecule has 0 N–H and O–H groups in total. The summed E-state index contributed by atoms with van der Waals surface area (Å²) in [6, 6.07) is 0. The van der Waals surface area contributed by atoms with Gasteiger partial charge in [-0.15, -0.1) is 0 Å². The molecule has 0 unspecified atom stereocenters. The molecule has 0 aromatic carbocycles. The summed E-state index contributed by atoms with van der Waals surface area (Å²) in [6.45, 7) is 10.9. The van der Waals surface area contributed by atoms with Gasteiger partial charge in [-0.1, -0.05) is 37.1 Å². The van der Waals surface area contributed by atoms with Gasteiger partial charge >= 0.3 is 0 Å². The van der Waals surface area contributed by atoms with Gasteiger partial charge in [0, 0.05) is 0 Å². The van der Waals surface area contributed by atoms with E-state index in [1.807, 2.05) is 0 Å². The third-order valence-corrected chi connectivity index (χ3v) is 1.43. The van der Waals surface area contributed by atoms with Crippen molar-refractivity contribution in [3.8, 4) is 0 Å². The molecule has 0 aliphatic carbocycles. The Labute approximate surface area is 71.0 Å². The first kappa shape index (κ1) is 10.5. The molecule has 0 atom stereocenters. The average Bonchev–Trinajstić information content (AvgIpc) is 1.82. The zero-order valence-electron chi connectivity index (χ0n) is 8.44. The van der Waals surface area contributed by atoms with Crippen LogP contribution in [0.1, 0.15) is 41.0 Å². The van der Waals surface area contributed by atoms with E-state index in [2.05, 4.69) is 46.8 Å². The summed E-state index contributed by atoms with van der Waals surface area (Å²) in [5.41, 5.74) is 2.77. The van der Waals surface area contributed by atoms with E-state index in [0.717, 1.165) is 5.92 Å². The van der Waals surface area contributed by atoms with Crippen LogP contribution >= 0.6 is 0 Å². The van der Waals surface area contributed by atoms with Gasteiger partial charge in [-0.2, -0.15) is 0 Å². The van der Waals surface area contributed by atoms with Crippen LogP contribution in [0.4, 0.5) is 0 Å². The van der Waals surface area contributed by atoms with Gasteiger partial charge in [-0.05, 0) is 33.1 Å². The molecule has 0 bridgehead atoms. The van der Waals surface area contributed by atoms with E-state index in [1.54, 1.807) is 0 Å². The maximum Gasteiger partial charge on any atom is -0.0322 e. The quantitative estimate of drug-likeness (QED) is 0.537. The van der Waals surface area contributed by atoms with Crippen molar-refractivity contribution in [2.45, 2.75) is 41.0 Å². The second kappa shape index (κ2) is 5.17. The summed E-state index contributed by atoms with van der Waals surface area (Å²) >= 11 is 0. The lowest BCUT2D eigenvalue weighted by molar-refractivity contribution is 0.662. The zero-order valence-corrected chi connectivity index (χ0v) is 8.44. The van der Waals surface area contributed by atoms with Crippen LogP contribution in [0, 0.1) is 5.92 Å². The Morgan fingerprint density at radius 1 is 1.18 bits per heavy atom. The van der Waals surface area contributed by atoms with Gasteiger partial charge in [-0.3, -0.25) is 0 Å². The van der Waals surface area contributed by atoms with Crippen LogP contribution in [0.3, 0.4) is 0 Å². The second-order valence-corrected chi connectivity index (χ2v) is 3.80. The molecule has 0 heterocycles. The molecule has 0 aliphatic heterocycles. The van der Waals surface area contributed by atoms with Gasteiger partial charge in [-0.25, -0.2) is 0 Å². The molecule has 11 heavy (non-hydrogen) atoms. The van der Waals surface area contributed by atoms with Crippen molar-refractivity contribution in [3.05, 3.63) is 23.3 Å². The molecule has 64 valence electrons. The van der Waals surface area contributed by atoms with E-state index in [4.69, 9.17) is 0 Å². The Balaban J connectivity index is 3.92. The third kappa shape index (κ3) is 7.38. The van der Waals surface area contributed by atoms with E-state index in [0.29, 0.717) is 0 Å². The number of hydrogen-bond donors (Lipinski definition) is 0. The molecule has 0 heteroatoms. The first-order valence-electron chi connectivity index (χ1n) is 4.34. The highest BCUT2D eigenvalue weighted by Crippen LogP contribution is 2.06. The van der Waals surface area contributed by atoms with Gasteiger partial charge in [0.05, 0.1) is 0 Å². The summed E-state index contributed by atoms with van der Waals surface area (Å²) in [5.74, 6) is 0.774. The Morgan fingerprint density at radius 2 is 1.73 bits per heavy atom. The summed E-state index contributed by atoms with van der Waals surface area (Å²) in [6.07, 6.45) is 5.72. The normalized spacial score (nSPS) is 12.0. The molecule has 0 amide bonds. The van der Waals surface area contributed by atoms with Crippen LogP contribution in [0.2, 0.25) is 0 Å². The Kier molecular flexibility index (Phi) is 4.93. The van der Waals surface area contributed by atoms with Gasteiger partial charge < -0.3 is 0 Å². The van der Waals surface area contributed by atoms with Crippen molar-refractivity contribution >= 4 is 0 Å². The van der Waals surface area contributed by atoms with Crippen LogP contribution in [0.5, 0.6) is 0 Å². The first-order chi connectivity index (χ1) is 5.02. The van der Waals surface area contributed by atoms with Gasteiger partial charge in [0.1, 0.15) is 0 Å². The average molecular weight is 152 g/mol. The Hall–Kier alpha value is -0.520. The van der Waals surface area contributed by atoms with Crippen LogP contribution in [-0.2, 0) is 0 Å².